The Morgan fingerprint density at radius 1 is 1.11 bits per heavy atom. The first-order valence-corrected chi connectivity index (χ1v) is 9.64. The number of benzene rings is 2. The van der Waals surface area contributed by atoms with Crippen LogP contribution in [-0.2, 0) is 14.8 Å². The van der Waals surface area contributed by atoms with Gasteiger partial charge in [-0.2, -0.15) is 0 Å². The Bertz CT molecular complexity index is 946. The first-order valence-electron chi connectivity index (χ1n) is 7.79. The number of nitrogens with one attached hydrogen (secondary N) is 1. The standard InChI is InChI=1S/C17H16F4N2O4S/c1-11(23(28(2,25)26)15-6-4-3-5-14(15)18)16(24)22-12-7-9-13(10-8-12)27-17(19,20)21/h3-11H,1-2H3,(H,22,24)/t11-/m0/s1. The molecule has 28 heavy (non-hydrogen) atoms. The molecule has 152 valence electrons. The predicted octanol–water partition coefficient (Wildman–Crippen LogP) is 3.52. The van der Waals surface area contributed by atoms with Crippen molar-refractivity contribution in [3.05, 3.63) is 54.3 Å². The van der Waals surface area contributed by atoms with Gasteiger partial charge in [-0.1, -0.05) is 12.1 Å². The van der Waals surface area contributed by atoms with Gasteiger partial charge in [-0.3, -0.25) is 9.10 Å². The monoisotopic (exact) mass is 420 g/mol. The van der Waals surface area contributed by atoms with E-state index in [1.54, 1.807) is 0 Å². The van der Waals surface area contributed by atoms with Crippen molar-refractivity contribution >= 4 is 27.3 Å². The first kappa shape index (κ1) is 21.5. The summed E-state index contributed by atoms with van der Waals surface area (Å²) in [4.78, 5) is 12.4. The van der Waals surface area contributed by atoms with Gasteiger partial charge in [0.2, 0.25) is 15.9 Å². The van der Waals surface area contributed by atoms with Crippen LogP contribution in [0.3, 0.4) is 0 Å². The van der Waals surface area contributed by atoms with Gasteiger partial charge < -0.3 is 10.1 Å². The highest BCUT2D eigenvalue weighted by Gasteiger charge is 2.32. The fraction of sp³-hybridized carbons (Fsp3) is 0.235. The summed E-state index contributed by atoms with van der Waals surface area (Å²) in [6.07, 6.45) is -4.03. The van der Waals surface area contributed by atoms with Crippen LogP contribution in [0.1, 0.15) is 6.92 Å². The van der Waals surface area contributed by atoms with E-state index >= 15 is 0 Å². The average molecular weight is 420 g/mol. The number of halogens is 4. The lowest BCUT2D eigenvalue weighted by atomic mass is 10.2. The zero-order chi connectivity index (χ0) is 21.1. The van der Waals surface area contributed by atoms with Gasteiger partial charge in [0.15, 0.2) is 0 Å². The molecule has 11 heteroatoms. The molecule has 0 bridgehead atoms. The number of hydrogen-bond acceptors (Lipinski definition) is 4. The largest absolute Gasteiger partial charge is 0.573 e. The highest BCUT2D eigenvalue weighted by atomic mass is 32.2. The molecule has 0 aliphatic rings. The minimum Gasteiger partial charge on any atom is -0.406 e. The molecule has 0 unspecified atom stereocenters. The van der Waals surface area contributed by atoms with Crippen LogP contribution in [0.2, 0.25) is 0 Å². The summed E-state index contributed by atoms with van der Waals surface area (Å²) in [5.41, 5.74) is -0.199. The number of para-hydroxylation sites is 1. The number of anilines is 2. The van der Waals surface area contributed by atoms with Crippen LogP contribution in [0.5, 0.6) is 5.75 Å². The average Bonchev–Trinajstić information content (AvgIpc) is 2.56. The van der Waals surface area contributed by atoms with Crippen molar-refractivity contribution in [2.45, 2.75) is 19.3 Å². The van der Waals surface area contributed by atoms with Crippen LogP contribution >= 0.6 is 0 Å². The minimum atomic E-state index is -4.85. The molecule has 0 saturated carbocycles. The quantitative estimate of drug-likeness (QED) is 0.726. The molecule has 2 aromatic carbocycles. The summed E-state index contributed by atoms with van der Waals surface area (Å²) in [6, 6.07) is 7.99. The third kappa shape index (κ3) is 5.59. The van der Waals surface area contributed by atoms with Crippen LogP contribution in [0.25, 0.3) is 0 Å². The van der Waals surface area contributed by atoms with E-state index in [1.165, 1.54) is 25.1 Å². The van der Waals surface area contributed by atoms with Crippen LogP contribution in [-0.4, -0.2) is 33.0 Å². The highest BCUT2D eigenvalue weighted by molar-refractivity contribution is 7.92. The molecule has 2 aromatic rings. The lowest BCUT2D eigenvalue weighted by molar-refractivity contribution is -0.274. The number of rotatable bonds is 6. The number of sulfonamides is 1. The van der Waals surface area contributed by atoms with Gasteiger partial charge in [0, 0.05) is 5.69 Å². The van der Waals surface area contributed by atoms with Crippen LogP contribution < -0.4 is 14.4 Å². The third-order valence-corrected chi connectivity index (χ3v) is 4.76. The van der Waals surface area contributed by atoms with Gasteiger partial charge in [0.1, 0.15) is 17.6 Å². The van der Waals surface area contributed by atoms with E-state index in [0.717, 1.165) is 36.6 Å². The number of carbonyl (C=O) groups excluding carboxylic acids is 1. The van der Waals surface area contributed by atoms with Crippen molar-refractivity contribution in [2.75, 3.05) is 15.9 Å². The van der Waals surface area contributed by atoms with Crippen molar-refractivity contribution in [1.29, 1.82) is 0 Å². The van der Waals surface area contributed by atoms with Gasteiger partial charge in [-0.15, -0.1) is 13.2 Å². The van der Waals surface area contributed by atoms with E-state index in [4.69, 9.17) is 0 Å². The molecular formula is C17H16F4N2O4S. The number of alkyl halides is 3. The SMILES string of the molecule is C[C@@H](C(=O)Nc1ccc(OC(F)(F)F)cc1)N(c1ccccc1F)S(C)(=O)=O. The predicted molar refractivity (Wildman–Crippen MR) is 94.9 cm³/mol. The molecule has 1 atom stereocenters. The van der Waals surface area contributed by atoms with Crippen molar-refractivity contribution < 1.29 is 35.5 Å². The van der Waals surface area contributed by atoms with Crippen LogP contribution in [0.15, 0.2) is 48.5 Å². The fourth-order valence-electron chi connectivity index (χ4n) is 2.40. The molecule has 0 aromatic heterocycles. The summed E-state index contributed by atoms with van der Waals surface area (Å²) in [5, 5.41) is 2.37. The van der Waals surface area contributed by atoms with Gasteiger partial charge in [-0.25, -0.2) is 12.8 Å². The number of carbonyl (C=O) groups is 1. The third-order valence-electron chi connectivity index (χ3n) is 3.53. The van der Waals surface area contributed by atoms with Gasteiger partial charge in [0.05, 0.1) is 11.9 Å². The molecule has 1 amide bonds. The number of nitrogens with zero attached hydrogens (tertiary/aromatic N) is 1. The van der Waals surface area contributed by atoms with E-state index in [0.29, 0.717) is 4.31 Å². The number of ether oxygens (including phenoxy) is 1. The zero-order valence-electron chi connectivity index (χ0n) is 14.7. The van der Waals surface area contributed by atoms with Crippen LogP contribution in [0.4, 0.5) is 28.9 Å². The molecule has 0 aliphatic heterocycles. The van der Waals surface area contributed by atoms with Gasteiger partial charge in [-0.05, 0) is 43.3 Å². The Kier molecular flexibility index (Phi) is 6.17. The van der Waals surface area contributed by atoms with Gasteiger partial charge in [0.25, 0.3) is 0 Å². The summed E-state index contributed by atoms with van der Waals surface area (Å²) < 4.78 is 79.1. The summed E-state index contributed by atoms with van der Waals surface area (Å²) in [7, 11) is -4.02. The van der Waals surface area contributed by atoms with Crippen LogP contribution in [0, 0.1) is 5.82 Å². The Balaban J connectivity index is 2.21. The normalized spacial score (nSPS) is 12.9. The highest BCUT2D eigenvalue weighted by Crippen LogP contribution is 2.26. The molecule has 0 heterocycles. The minimum absolute atomic E-state index is 0.105. The van der Waals surface area contributed by atoms with Crippen molar-refractivity contribution in [2.24, 2.45) is 0 Å². The maximum absolute atomic E-state index is 14.1. The smallest absolute Gasteiger partial charge is 0.406 e. The molecule has 1 N–H and O–H groups in total. The Morgan fingerprint density at radius 3 is 2.18 bits per heavy atom. The molecular weight excluding hydrogens is 404 g/mol. The van der Waals surface area contributed by atoms with Crippen molar-refractivity contribution in [1.82, 2.24) is 0 Å². The Labute approximate surface area is 158 Å². The summed E-state index contributed by atoms with van der Waals surface area (Å²) in [5.74, 6) is -2.12. The fourth-order valence-corrected chi connectivity index (χ4v) is 3.57. The van der Waals surface area contributed by atoms with E-state index < -0.39 is 39.9 Å². The molecule has 0 aliphatic carbocycles. The number of hydrogen-bond donors (Lipinski definition) is 1. The topological polar surface area (TPSA) is 75.7 Å². The maximum atomic E-state index is 14.1. The molecule has 0 spiro atoms. The second-order valence-electron chi connectivity index (χ2n) is 5.75. The Morgan fingerprint density at radius 2 is 1.68 bits per heavy atom. The molecule has 0 radical (unpaired) electrons. The number of amides is 1. The van der Waals surface area contributed by atoms with Crippen molar-refractivity contribution in [3.63, 3.8) is 0 Å². The maximum Gasteiger partial charge on any atom is 0.573 e. The summed E-state index contributed by atoms with van der Waals surface area (Å²) in [6.45, 7) is 1.25. The molecule has 0 fully saturated rings. The molecule has 2 rings (SSSR count). The summed E-state index contributed by atoms with van der Waals surface area (Å²) >= 11 is 0. The van der Waals surface area contributed by atoms with E-state index in [1.807, 2.05) is 0 Å². The van der Waals surface area contributed by atoms with E-state index in [2.05, 4.69) is 10.1 Å². The second kappa shape index (κ2) is 8.05. The first-order chi connectivity index (χ1) is 12.9. The van der Waals surface area contributed by atoms with Gasteiger partial charge >= 0.3 is 6.36 Å². The zero-order valence-corrected chi connectivity index (χ0v) is 15.5. The van der Waals surface area contributed by atoms with E-state index in [-0.39, 0.29) is 11.4 Å². The second-order valence-corrected chi connectivity index (χ2v) is 7.61. The molecule has 0 saturated heterocycles. The van der Waals surface area contributed by atoms with E-state index in [9.17, 15) is 30.8 Å². The van der Waals surface area contributed by atoms with Crippen molar-refractivity contribution in [3.8, 4) is 5.75 Å². The molecule has 6 nitrogen and oxygen atoms in total. The lowest BCUT2D eigenvalue weighted by Gasteiger charge is -2.28. The lowest BCUT2D eigenvalue weighted by Crippen LogP contribution is -2.45. The Hall–Kier alpha value is -2.82.